The van der Waals surface area contributed by atoms with Crippen molar-refractivity contribution in [1.82, 2.24) is 9.62 Å². The van der Waals surface area contributed by atoms with E-state index in [0.717, 1.165) is 6.26 Å². The fourth-order valence-electron chi connectivity index (χ4n) is 1.82. The van der Waals surface area contributed by atoms with E-state index in [0.29, 0.717) is 19.4 Å². The third kappa shape index (κ3) is 4.25. The van der Waals surface area contributed by atoms with Gasteiger partial charge in [-0.2, -0.15) is 4.31 Å². The Kier molecular flexibility index (Phi) is 4.16. The van der Waals surface area contributed by atoms with Gasteiger partial charge in [-0.15, -0.1) is 0 Å². The van der Waals surface area contributed by atoms with E-state index in [9.17, 15) is 18.3 Å². The molecule has 1 atom stereocenters. The van der Waals surface area contributed by atoms with Gasteiger partial charge in [0, 0.05) is 13.1 Å². The number of hydrogen-bond donors (Lipinski definition) is 2. The van der Waals surface area contributed by atoms with Crippen molar-refractivity contribution >= 4 is 15.9 Å². The summed E-state index contributed by atoms with van der Waals surface area (Å²) in [5.41, 5.74) is -0.996. The Labute approximate surface area is 102 Å². The average Bonchev–Trinajstić information content (AvgIpc) is 2.60. The molecule has 1 fully saturated rings. The summed E-state index contributed by atoms with van der Waals surface area (Å²) in [4.78, 5) is 11.8. The molecule has 6 nitrogen and oxygen atoms in total. The molecule has 0 saturated carbocycles. The van der Waals surface area contributed by atoms with Crippen molar-refractivity contribution in [2.24, 2.45) is 0 Å². The van der Waals surface area contributed by atoms with Crippen molar-refractivity contribution in [3.05, 3.63) is 0 Å². The number of sulfonamides is 1. The molecule has 100 valence electrons. The maximum absolute atomic E-state index is 11.8. The normalized spacial score (nSPS) is 22.7. The summed E-state index contributed by atoms with van der Waals surface area (Å²) in [7, 11) is -3.34. The summed E-state index contributed by atoms with van der Waals surface area (Å²) in [5.74, 6) is -0.338. The third-order valence-corrected chi connectivity index (χ3v) is 3.92. The summed E-state index contributed by atoms with van der Waals surface area (Å²) >= 11 is 0. The first-order valence-corrected chi connectivity index (χ1v) is 7.43. The zero-order chi connectivity index (χ0) is 13.3. The van der Waals surface area contributed by atoms with Crippen LogP contribution in [0.2, 0.25) is 0 Å². The van der Waals surface area contributed by atoms with Crippen molar-refractivity contribution in [3.63, 3.8) is 0 Å². The summed E-state index contributed by atoms with van der Waals surface area (Å²) < 4.78 is 24.1. The van der Waals surface area contributed by atoms with Crippen LogP contribution in [0.15, 0.2) is 0 Å². The van der Waals surface area contributed by atoms with Crippen LogP contribution < -0.4 is 5.32 Å². The Hall–Kier alpha value is -0.660. The van der Waals surface area contributed by atoms with Gasteiger partial charge in [-0.1, -0.05) is 0 Å². The summed E-state index contributed by atoms with van der Waals surface area (Å²) in [6.07, 6.45) is 2.33. The molecule has 17 heavy (non-hydrogen) atoms. The van der Waals surface area contributed by atoms with Crippen molar-refractivity contribution < 1.29 is 18.3 Å². The van der Waals surface area contributed by atoms with E-state index in [-0.39, 0.29) is 12.5 Å². The number of aliphatic hydroxyl groups is 1. The monoisotopic (exact) mass is 264 g/mol. The van der Waals surface area contributed by atoms with E-state index < -0.39 is 21.7 Å². The van der Waals surface area contributed by atoms with Crippen LogP contribution in [-0.2, 0) is 14.8 Å². The molecule has 1 aliphatic heterocycles. The predicted molar refractivity (Wildman–Crippen MR) is 63.9 cm³/mol. The van der Waals surface area contributed by atoms with Crippen LogP contribution in [0.25, 0.3) is 0 Å². The van der Waals surface area contributed by atoms with E-state index in [1.807, 2.05) is 0 Å². The van der Waals surface area contributed by atoms with E-state index in [1.165, 1.54) is 4.31 Å². The Morgan fingerprint density at radius 3 is 2.59 bits per heavy atom. The lowest BCUT2D eigenvalue weighted by molar-refractivity contribution is -0.125. The zero-order valence-electron chi connectivity index (χ0n) is 10.4. The van der Waals surface area contributed by atoms with Crippen LogP contribution in [-0.4, -0.2) is 54.7 Å². The number of nitrogens with zero attached hydrogens (tertiary/aromatic N) is 1. The molecule has 7 heteroatoms. The van der Waals surface area contributed by atoms with Crippen molar-refractivity contribution in [2.75, 3.05) is 19.3 Å². The lowest BCUT2D eigenvalue weighted by Crippen LogP contribution is -2.48. The standard InChI is InChI=1S/C10H20N2O4S/c1-10(2,14)7-11-9(13)8-5-4-6-12(8)17(3,15)16/h8,14H,4-7H2,1-3H3,(H,11,13). The summed E-state index contributed by atoms with van der Waals surface area (Å²) in [6, 6.07) is -0.632. The van der Waals surface area contributed by atoms with Gasteiger partial charge in [0.2, 0.25) is 15.9 Å². The Bertz CT molecular complexity index is 386. The number of amides is 1. The minimum Gasteiger partial charge on any atom is -0.389 e. The Morgan fingerprint density at radius 2 is 2.12 bits per heavy atom. The molecule has 0 aliphatic carbocycles. The maximum Gasteiger partial charge on any atom is 0.238 e. The Morgan fingerprint density at radius 1 is 1.53 bits per heavy atom. The number of rotatable bonds is 4. The highest BCUT2D eigenvalue weighted by Gasteiger charge is 2.36. The van der Waals surface area contributed by atoms with Crippen molar-refractivity contribution in [3.8, 4) is 0 Å². The quantitative estimate of drug-likeness (QED) is 0.703. The predicted octanol–water partition coefficient (Wildman–Crippen LogP) is -0.702. The van der Waals surface area contributed by atoms with Crippen LogP contribution in [0, 0.1) is 0 Å². The molecule has 0 aromatic carbocycles. The zero-order valence-corrected chi connectivity index (χ0v) is 11.2. The van der Waals surface area contributed by atoms with Gasteiger partial charge < -0.3 is 10.4 Å². The lowest BCUT2D eigenvalue weighted by Gasteiger charge is -2.23. The summed E-state index contributed by atoms with van der Waals surface area (Å²) in [6.45, 7) is 3.66. The van der Waals surface area contributed by atoms with E-state index >= 15 is 0 Å². The highest BCUT2D eigenvalue weighted by Crippen LogP contribution is 2.20. The Balaban J connectivity index is 2.63. The second-order valence-electron chi connectivity index (χ2n) is 5.06. The molecular formula is C10H20N2O4S. The summed E-state index contributed by atoms with van der Waals surface area (Å²) in [5, 5.41) is 12.1. The smallest absolute Gasteiger partial charge is 0.238 e. The highest BCUT2D eigenvalue weighted by molar-refractivity contribution is 7.88. The van der Waals surface area contributed by atoms with Crippen LogP contribution in [0.4, 0.5) is 0 Å². The van der Waals surface area contributed by atoms with Gasteiger partial charge >= 0.3 is 0 Å². The molecule has 0 aromatic heterocycles. The van der Waals surface area contributed by atoms with Gasteiger partial charge in [0.15, 0.2) is 0 Å². The molecule has 1 amide bonds. The minimum atomic E-state index is -3.34. The van der Waals surface area contributed by atoms with E-state index in [2.05, 4.69) is 5.32 Å². The van der Waals surface area contributed by atoms with Gasteiger partial charge in [-0.3, -0.25) is 4.79 Å². The van der Waals surface area contributed by atoms with Gasteiger partial charge in [-0.05, 0) is 26.7 Å². The van der Waals surface area contributed by atoms with Crippen molar-refractivity contribution in [1.29, 1.82) is 0 Å². The second kappa shape index (κ2) is 4.91. The minimum absolute atomic E-state index is 0.111. The lowest BCUT2D eigenvalue weighted by atomic mass is 10.1. The van der Waals surface area contributed by atoms with Crippen LogP contribution in [0.1, 0.15) is 26.7 Å². The maximum atomic E-state index is 11.8. The average molecular weight is 264 g/mol. The first-order valence-electron chi connectivity index (χ1n) is 5.58. The molecule has 0 radical (unpaired) electrons. The SMILES string of the molecule is CC(C)(O)CNC(=O)C1CCCN1S(C)(=O)=O. The molecule has 1 rings (SSSR count). The van der Waals surface area contributed by atoms with Crippen LogP contribution in [0.3, 0.4) is 0 Å². The van der Waals surface area contributed by atoms with Gasteiger partial charge in [0.05, 0.1) is 11.9 Å². The first kappa shape index (κ1) is 14.4. The van der Waals surface area contributed by atoms with Crippen LogP contribution in [0.5, 0.6) is 0 Å². The second-order valence-corrected chi connectivity index (χ2v) is 7.00. The number of hydrogen-bond acceptors (Lipinski definition) is 4. The number of nitrogens with one attached hydrogen (secondary N) is 1. The van der Waals surface area contributed by atoms with Crippen LogP contribution >= 0.6 is 0 Å². The van der Waals surface area contributed by atoms with Crippen molar-refractivity contribution in [2.45, 2.75) is 38.3 Å². The molecule has 0 aromatic rings. The molecule has 0 spiro atoms. The molecule has 1 unspecified atom stereocenters. The molecule has 2 N–H and O–H groups in total. The molecule has 1 heterocycles. The highest BCUT2D eigenvalue weighted by atomic mass is 32.2. The van der Waals surface area contributed by atoms with E-state index in [1.54, 1.807) is 13.8 Å². The van der Waals surface area contributed by atoms with E-state index in [4.69, 9.17) is 0 Å². The van der Waals surface area contributed by atoms with Gasteiger partial charge in [0.1, 0.15) is 6.04 Å². The molecule has 1 aliphatic rings. The first-order chi connectivity index (χ1) is 7.61. The number of carbonyl (C=O) groups excluding carboxylic acids is 1. The number of carbonyl (C=O) groups is 1. The van der Waals surface area contributed by atoms with Gasteiger partial charge in [0.25, 0.3) is 0 Å². The molecular weight excluding hydrogens is 244 g/mol. The fraction of sp³-hybridized carbons (Fsp3) is 0.900. The third-order valence-electron chi connectivity index (χ3n) is 2.63. The van der Waals surface area contributed by atoms with Gasteiger partial charge in [-0.25, -0.2) is 8.42 Å². The molecule has 1 saturated heterocycles. The fourth-order valence-corrected chi connectivity index (χ4v) is 2.94. The molecule has 0 bridgehead atoms. The topological polar surface area (TPSA) is 86.7 Å². The largest absolute Gasteiger partial charge is 0.389 e.